The highest BCUT2D eigenvalue weighted by atomic mass is 15.4. The van der Waals surface area contributed by atoms with E-state index in [-0.39, 0.29) is 0 Å². The maximum atomic E-state index is 2.40. The molecule has 1 aliphatic rings. The number of aryl methyl sites for hydroxylation is 1. The Morgan fingerprint density at radius 3 is 1.79 bits per heavy atom. The normalized spacial score (nSPS) is 12.9. The molecule has 29 heavy (non-hydrogen) atoms. The molecule has 0 radical (unpaired) electrons. The average molecular weight is 377 g/mol. The second-order valence-corrected chi connectivity index (χ2v) is 7.70. The topological polar surface area (TPSA) is 6.48 Å². The summed E-state index contributed by atoms with van der Waals surface area (Å²) in [7, 11) is 2.15. The highest BCUT2D eigenvalue weighted by Gasteiger charge is 2.24. The Morgan fingerprint density at radius 2 is 1.10 bits per heavy atom. The molecule has 0 aliphatic carbocycles. The van der Waals surface area contributed by atoms with Crippen molar-refractivity contribution in [3.63, 3.8) is 0 Å². The van der Waals surface area contributed by atoms with Gasteiger partial charge < -0.3 is 9.80 Å². The number of benzene rings is 4. The SMILES string of the molecule is Cc1cc(-c2ccc(-c3ccccc3)cc2)ccc1N1CN(C)c2ccccc21. The van der Waals surface area contributed by atoms with Crippen molar-refractivity contribution in [2.75, 3.05) is 23.5 Å². The van der Waals surface area contributed by atoms with E-state index >= 15 is 0 Å². The maximum Gasteiger partial charge on any atom is 0.0950 e. The van der Waals surface area contributed by atoms with Crippen LogP contribution in [0.5, 0.6) is 0 Å². The molecule has 4 aromatic carbocycles. The third-order valence-corrected chi connectivity index (χ3v) is 5.75. The molecule has 1 heterocycles. The molecule has 0 unspecified atom stereocenters. The quantitative estimate of drug-likeness (QED) is 0.385. The minimum Gasteiger partial charge on any atom is -0.355 e. The molecule has 0 saturated heterocycles. The first-order valence-electron chi connectivity index (χ1n) is 10.0. The fourth-order valence-electron chi connectivity index (χ4n) is 4.21. The number of para-hydroxylation sites is 2. The monoisotopic (exact) mass is 376 g/mol. The molecule has 0 N–H and O–H groups in total. The van der Waals surface area contributed by atoms with Crippen LogP contribution in [-0.2, 0) is 0 Å². The molecular weight excluding hydrogens is 352 g/mol. The number of hydrogen-bond donors (Lipinski definition) is 0. The fraction of sp³-hybridized carbons (Fsp3) is 0.111. The summed E-state index contributed by atoms with van der Waals surface area (Å²) in [5.41, 5.74) is 10.1. The molecule has 5 rings (SSSR count). The Hall–Kier alpha value is -3.52. The summed E-state index contributed by atoms with van der Waals surface area (Å²) >= 11 is 0. The molecule has 1 aliphatic heterocycles. The molecule has 2 heteroatoms. The van der Waals surface area contributed by atoms with E-state index in [0.29, 0.717) is 0 Å². The fourth-order valence-corrected chi connectivity index (χ4v) is 4.21. The summed E-state index contributed by atoms with van der Waals surface area (Å²) in [4.78, 5) is 4.69. The van der Waals surface area contributed by atoms with Crippen LogP contribution < -0.4 is 9.80 Å². The highest BCUT2D eigenvalue weighted by Crippen LogP contribution is 2.41. The van der Waals surface area contributed by atoms with Crippen LogP contribution in [0.4, 0.5) is 17.1 Å². The number of hydrogen-bond acceptors (Lipinski definition) is 2. The van der Waals surface area contributed by atoms with E-state index in [1.165, 1.54) is 44.9 Å². The summed E-state index contributed by atoms with van der Waals surface area (Å²) in [5.74, 6) is 0. The van der Waals surface area contributed by atoms with Crippen LogP contribution >= 0.6 is 0 Å². The Labute approximate surface area is 172 Å². The van der Waals surface area contributed by atoms with E-state index < -0.39 is 0 Å². The Bertz CT molecular complexity index is 1150. The van der Waals surface area contributed by atoms with Gasteiger partial charge in [-0.3, -0.25) is 0 Å². The van der Waals surface area contributed by atoms with E-state index in [4.69, 9.17) is 0 Å². The van der Waals surface area contributed by atoms with Crippen LogP contribution in [0, 0.1) is 6.92 Å². The van der Waals surface area contributed by atoms with Gasteiger partial charge in [-0.15, -0.1) is 0 Å². The maximum absolute atomic E-state index is 2.40. The molecule has 0 spiro atoms. The number of anilines is 3. The number of nitrogens with zero attached hydrogens (tertiary/aromatic N) is 2. The Kier molecular flexibility index (Phi) is 4.33. The molecule has 0 bridgehead atoms. The predicted molar refractivity (Wildman–Crippen MR) is 124 cm³/mol. The second kappa shape index (κ2) is 7.14. The standard InChI is InChI=1S/C27H24N2/c1-20-18-24(23-14-12-22(13-15-23)21-8-4-3-5-9-21)16-17-25(20)29-19-28(2)26-10-6-7-11-27(26)29/h3-18H,19H2,1-2H3. The minimum absolute atomic E-state index is 0.880. The first kappa shape index (κ1) is 17.6. The van der Waals surface area contributed by atoms with Gasteiger partial charge in [0, 0.05) is 12.7 Å². The summed E-state index contributed by atoms with van der Waals surface area (Å²) in [6, 6.07) is 34.8. The number of fused-ring (bicyclic) bond motifs is 1. The van der Waals surface area contributed by atoms with Crippen LogP contribution in [0.3, 0.4) is 0 Å². The molecular formula is C27H24N2. The predicted octanol–water partition coefficient (Wildman–Crippen LogP) is 6.87. The van der Waals surface area contributed by atoms with Gasteiger partial charge in [0.25, 0.3) is 0 Å². The van der Waals surface area contributed by atoms with Crippen LogP contribution in [0.2, 0.25) is 0 Å². The van der Waals surface area contributed by atoms with E-state index in [0.717, 1.165) is 6.67 Å². The molecule has 0 fully saturated rings. The van der Waals surface area contributed by atoms with Crippen LogP contribution in [-0.4, -0.2) is 13.7 Å². The first-order valence-corrected chi connectivity index (χ1v) is 10.0. The van der Waals surface area contributed by atoms with Gasteiger partial charge in [-0.05, 0) is 59.0 Å². The van der Waals surface area contributed by atoms with Crippen molar-refractivity contribution in [3.05, 3.63) is 103 Å². The smallest absolute Gasteiger partial charge is 0.0950 e. The molecule has 0 aromatic heterocycles. The van der Waals surface area contributed by atoms with Crippen LogP contribution in [0.1, 0.15) is 5.56 Å². The molecule has 0 amide bonds. The third kappa shape index (κ3) is 3.17. The molecule has 2 nitrogen and oxygen atoms in total. The average Bonchev–Trinajstić information content (AvgIpc) is 3.11. The van der Waals surface area contributed by atoms with Crippen LogP contribution in [0.15, 0.2) is 97.1 Å². The molecule has 4 aromatic rings. The zero-order chi connectivity index (χ0) is 19.8. The van der Waals surface area contributed by atoms with Gasteiger partial charge in [-0.25, -0.2) is 0 Å². The van der Waals surface area contributed by atoms with E-state index in [9.17, 15) is 0 Å². The van der Waals surface area contributed by atoms with Crippen molar-refractivity contribution in [3.8, 4) is 22.3 Å². The second-order valence-electron chi connectivity index (χ2n) is 7.70. The van der Waals surface area contributed by atoms with Crippen molar-refractivity contribution < 1.29 is 0 Å². The zero-order valence-electron chi connectivity index (χ0n) is 16.8. The summed E-state index contributed by atoms with van der Waals surface area (Å²) in [6.45, 7) is 3.09. The third-order valence-electron chi connectivity index (χ3n) is 5.75. The Morgan fingerprint density at radius 1 is 0.552 bits per heavy atom. The largest absolute Gasteiger partial charge is 0.355 e. The van der Waals surface area contributed by atoms with Gasteiger partial charge in [0.05, 0.1) is 18.0 Å². The first-order chi connectivity index (χ1) is 14.2. The lowest BCUT2D eigenvalue weighted by atomic mass is 9.98. The number of rotatable bonds is 3. The zero-order valence-corrected chi connectivity index (χ0v) is 16.8. The molecule has 142 valence electrons. The van der Waals surface area contributed by atoms with Crippen molar-refractivity contribution in [1.29, 1.82) is 0 Å². The van der Waals surface area contributed by atoms with Crippen molar-refractivity contribution in [2.24, 2.45) is 0 Å². The van der Waals surface area contributed by atoms with Gasteiger partial charge in [-0.1, -0.05) is 72.8 Å². The van der Waals surface area contributed by atoms with Crippen molar-refractivity contribution in [1.82, 2.24) is 0 Å². The van der Waals surface area contributed by atoms with E-state index in [2.05, 4.69) is 121 Å². The van der Waals surface area contributed by atoms with E-state index in [1.807, 2.05) is 0 Å². The van der Waals surface area contributed by atoms with Gasteiger partial charge >= 0.3 is 0 Å². The van der Waals surface area contributed by atoms with Gasteiger partial charge in [-0.2, -0.15) is 0 Å². The molecule has 0 atom stereocenters. The Balaban J connectivity index is 1.45. The minimum atomic E-state index is 0.880. The highest BCUT2D eigenvalue weighted by molar-refractivity contribution is 5.84. The summed E-state index contributed by atoms with van der Waals surface area (Å²) in [5, 5.41) is 0. The van der Waals surface area contributed by atoms with Gasteiger partial charge in [0.1, 0.15) is 0 Å². The van der Waals surface area contributed by atoms with Gasteiger partial charge in [0.15, 0.2) is 0 Å². The molecule has 0 saturated carbocycles. The van der Waals surface area contributed by atoms with Crippen molar-refractivity contribution in [2.45, 2.75) is 6.92 Å². The van der Waals surface area contributed by atoms with Crippen molar-refractivity contribution >= 4 is 17.1 Å². The van der Waals surface area contributed by atoms with Crippen LogP contribution in [0.25, 0.3) is 22.3 Å². The lowest BCUT2D eigenvalue weighted by Gasteiger charge is -2.22. The van der Waals surface area contributed by atoms with E-state index in [1.54, 1.807) is 0 Å². The summed E-state index contributed by atoms with van der Waals surface area (Å²) in [6.07, 6.45) is 0. The van der Waals surface area contributed by atoms with Gasteiger partial charge in [0.2, 0.25) is 0 Å². The summed E-state index contributed by atoms with van der Waals surface area (Å²) < 4.78 is 0. The lowest BCUT2D eigenvalue weighted by molar-refractivity contribution is 0.946. The lowest BCUT2D eigenvalue weighted by Crippen LogP contribution is -2.24.